The maximum Gasteiger partial charge on any atom is 0.219 e. The zero-order chi connectivity index (χ0) is 37.2. The lowest BCUT2D eigenvalue weighted by Gasteiger charge is -2.37. The fraction of sp³-hybridized carbons (Fsp3) is 0.273. The molecule has 1 fully saturated rings. The highest BCUT2D eigenvalue weighted by Crippen LogP contribution is 2.36. The molecule has 1 saturated heterocycles. The summed E-state index contributed by atoms with van der Waals surface area (Å²) in [6.07, 6.45) is 6.13. The van der Waals surface area contributed by atoms with Gasteiger partial charge in [0, 0.05) is 56.1 Å². The number of hydrogen-bond donors (Lipinski definition) is 0. The summed E-state index contributed by atoms with van der Waals surface area (Å²) in [6.45, 7) is 10.3. The molecular formula is C44H46Cl2FN3O4. The molecule has 1 aromatic heterocycles. The summed E-state index contributed by atoms with van der Waals surface area (Å²) in [6, 6.07) is 28.9. The predicted octanol–water partition coefficient (Wildman–Crippen LogP) is 10.2. The lowest BCUT2D eigenvalue weighted by atomic mass is 10.1. The molecular weight excluding hydrogens is 724 g/mol. The zero-order valence-electron chi connectivity index (χ0n) is 30.9. The molecule has 0 bridgehead atoms. The van der Waals surface area contributed by atoms with Crippen LogP contribution in [0.15, 0.2) is 103 Å². The second kappa shape index (κ2) is 19.4. The molecule has 0 atom stereocenters. The van der Waals surface area contributed by atoms with E-state index in [0.29, 0.717) is 54.2 Å². The molecule has 282 valence electrons. The number of aldehydes is 1. The number of aryl methyl sites for hydroxylation is 3. The van der Waals surface area contributed by atoms with Crippen molar-refractivity contribution in [1.82, 2.24) is 14.8 Å². The molecule has 54 heavy (non-hydrogen) atoms. The van der Waals surface area contributed by atoms with Crippen molar-refractivity contribution < 1.29 is 23.4 Å². The molecule has 2 heterocycles. The van der Waals surface area contributed by atoms with E-state index in [4.69, 9.17) is 25.8 Å². The number of halogens is 3. The van der Waals surface area contributed by atoms with Crippen LogP contribution in [0.3, 0.4) is 0 Å². The Morgan fingerprint density at radius 3 is 2.17 bits per heavy atom. The number of carbonyl (C=O) groups is 1. The largest absolute Gasteiger partial charge is 0.489 e. The number of carbonyl (C=O) groups excluding carboxylic acids is 1. The second-order valence-electron chi connectivity index (χ2n) is 13.4. The molecule has 6 rings (SSSR count). The van der Waals surface area contributed by atoms with Crippen molar-refractivity contribution in [2.75, 3.05) is 26.2 Å². The van der Waals surface area contributed by atoms with Gasteiger partial charge < -0.3 is 19.1 Å². The van der Waals surface area contributed by atoms with Gasteiger partial charge in [-0.25, -0.2) is 9.37 Å². The molecule has 0 N–H and O–H groups in total. The smallest absolute Gasteiger partial charge is 0.219 e. The van der Waals surface area contributed by atoms with Crippen LogP contribution >= 0.6 is 24.0 Å². The van der Waals surface area contributed by atoms with E-state index in [1.807, 2.05) is 61.5 Å². The first-order chi connectivity index (χ1) is 25.8. The Kier molecular flexibility index (Phi) is 14.5. The number of aromatic nitrogens is 1. The highest BCUT2D eigenvalue weighted by atomic mass is 35.5. The lowest BCUT2D eigenvalue weighted by Crippen LogP contribution is -2.45. The van der Waals surface area contributed by atoms with Crippen molar-refractivity contribution >= 4 is 36.0 Å². The first-order valence-corrected chi connectivity index (χ1v) is 18.4. The average molecular weight is 771 g/mol. The van der Waals surface area contributed by atoms with Gasteiger partial charge in [0.05, 0.1) is 11.2 Å². The highest BCUT2D eigenvalue weighted by Gasteiger charge is 2.22. The SMILES string of the molecule is CCCc1ccc(OCc2ccc(CN3CCN(/C(=C/C=O)c4cc(C)c(Oc5ccc(OCc6ccc(C)cc6)cn5)c(Cl)c4)CC3)cc2F)cc1.Cl. The lowest BCUT2D eigenvalue weighted by molar-refractivity contribution is -0.104. The first kappa shape index (κ1) is 40.3. The number of ether oxygens (including phenoxy) is 3. The molecule has 1 aliphatic rings. The van der Waals surface area contributed by atoms with Crippen LogP contribution in [-0.4, -0.2) is 47.2 Å². The van der Waals surface area contributed by atoms with Crippen LogP contribution in [0.2, 0.25) is 5.02 Å². The Morgan fingerprint density at radius 1 is 0.833 bits per heavy atom. The van der Waals surface area contributed by atoms with Crippen molar-refractivity contribution in [3.63, 3.8) is 0 Å². The van der Waals surface area contributed by atoms with Gasteiger partial charge in [-0.05, 0) is 84.5 Å². The van der Waals surface area contributed by atoms with Gasteiger partial charge in [-0.15, -0.1) is 12.4 Å². The van der Waals surface area contributed by atoms with Gasteiger partial charge >= 0.3 is 0 Å². The van der Waals surface area contributed by atoms with Crippen molar-refractivity contribution in [1.29, 1.82) is 0 Å². The third kappa shape index (κ3) is 10.8. The molecule has 0 saturated carbocycles. The van der Waals surface area contributed by atoms with Gasteiger partial charge in [0.25, 0.3) is 0 Å². The topological polar surface area (TPSA) is 64.1 Å². The number of allylic oxidation sites excluding steroid dienone is 1. The van der Waals surface area contributed by atoms with Crippen molar-refractivity contribution in [2.24, 2.45) is 0 Å². The number of rotatable bonds is 15. The van der Waals surface area contributed by atoms with Gasteiger partial charge in [0.1, 0.15) is 36.8 Å². The minimum absolute atomic E-state index is 0. The quantitative estimate of drug-likeness (QED) is 0.0776. The predicted molar refractivity (Wildman–Crippen MR) is 215 cm³/mol. The molecule has 0 radical (unpaired) electrons. The molecule has 1 aliphatic heterocycles. The number of benzene rings is 4. The summed E-state index contributed by atoms with van der Waals surface area (Å²) in [7, 11) is 0. The van der Waals surface area contributed by atoms with Gasteiger partial charge in [0.15, 0.2) is 5.75 Å². The molecule has 0 unspecified atom stereocenters. The monoisotopic (exact) mass is 769 g/mol. The Hall–Kier alpha value is -4.89. The molecule has 5 aromatic rings. The Morgan fingerprint density at radius 2 is 1.52 bits per heavy atom. The van der Waals surface area contributed by atoms with Gasteiger partial charge in [-0.1, -0.05) is 79.0 Å². The van der Waals surface area contributed by atoms with Gasteiger partial charge in [-0.2, -0.15) is 0 Å². The number of piperazine rings is 1. The summed E-state index contributed by atoms with van der Waals surface area (Å²) >= 11 is 6.77. The first-order valence-electron chi connectivity index (χ1n) is 18.0. The van der Waals surface area contributed by atoms with Crippen LogP contribution < -0.4 is 14.2 Å². The summed E-state index contributed by atoms with van der Waals surface area (Å²) in [5.41, 5.74) is 7.41. The normalized spacial score (nSPS) is 13.3. The summed E-state index contributed by atoms with van der Waals surface area (Å²) in [5, 5.41) is 0.415. The van der Waals surface area contributed by atoms with Crippen molar-refractivity contribution in [2.45, 2.75) is 53.4 Å². The maximum absolute atomic E-state index is 15.1. The summed E-state index contributed by atoms with van der Waals surface area (Å²) in [4.78, 5) is 20.7. The minimum atomic E-state index is -0.268. The zero-order valence-corrected chi connectivity index (χ0v) is 32.5. The van der Waals surface area contributed by atoms with Gasteiger partial charge in [0.2, 0.25) is 5.88 Å². The van der Waals surface area contributed by atoms with E-state index in [0.717, 1.165) is 65.9 Å². The Bertz CT molecular complexity index is 1990. The van der Waals surface area contributed by atoms with E-state index in [9.17, 15) is 4.79 Å². The third-order valence-electron chi connectivity index (χ3n) is 9.29. The summed E-state index contributed by atoms with van der Waals surface area (Å²) in [5.74, 6) is 1.99. The molecule has 10 heteroatoms. The standard InChI is InChI=1S/C44H45ClFN3O4.ClH/c1-4-5-33-11-14-38(15-12-33)52-30-36-13-10-35(25-41(36)46)28-48-19-21-49(22-20-48)42(18-23-50)37-24-32(3)44(40(45)26-37)53-43-17-16-39(27-47-43)51-29-34-8-6-31(2)7-9-34;/h6-18,23-27H,4-5,19-22,28-30H2,1-3H3;1H/b42-18+;. The minimum Gasteiger partial charge on any atom is -0.489 e. The van der Waals surface area contributed by atoms with Crippen LogP contribution in [0.5, 0.6) is 23.1 Å². The maximum atomic E-state index is 15.1. The highest BCUT2D eigenvalue weighted by molar-refractivity contribution is 6.32. The number of nitrogens with zero attached hydrogens (tertiary/aromatic N) is 3. The van der Waals surface area contributed by atoms with E-state index < -0.39 is 0 Å². The van der Waals surface area contributed by atoms with Crippen LogP contribution in [0.25, 0.3) is 5.70 Å². The molecule has 0 amide bonds. The number of hydrogen-bond acceptors (Lipinski definition) is 7. The van der Waals surface area contributed by atoms with E-state index in [2.05, 4.69) is 52.9 Å². The van der Waals surface area contributed by atoms with Crippen LogP contribution in [0.1, 0.15) is 52.3 Å². The van der Waals surface area contributed by atoms with Crippen molar-refractivity contribution in [3.8, 4) is 23.1 Å². The van der Waals surface area contributed by atoms with Gasteiger partial charge in [-0.3, -0.25) is 9.69 Å². The Balaban J connectivity index is 0.00000561. The van der Waals surface area contributed by atoms with E-state index >= 15 is 4.39 Å². The van der Waals surface area contributed by atoms with E-state index in [1.165, 1.54) is 11.1 Å². The van der Waals surface area contributed by atoms with E-state index in [1.54, 1.807) is 24.4 Å². The molecule has 0 aliphatic carbocycles. The van der Waals surface area contributed by atoms with E-state index in [-0.39, 0.29) is 24.8 Å². The van der Waals surface area contributed by atoms with Crippen molar-refractivity contribution in [3.05, 3.63) is 153 Å². The molecule has 4 aromatic carbocycles. The van der Waals surface area contributed by atoms with Crippen LogP contribution in [0, 0.1) is 19.7 Å². The molecule has 7 nitrogen and oxygen atoms in total. The number of pyridine rings is 1. The summed E-state index contributed by atoms with van der Waals surface area (Å²) < 4.78 is 32.9. The third-order valence-corrected chi connectivity index (χ3v) is 9.57. The average Bonchev–Trinajstić information content (AvgIpc) is 3.16. The van der Waals surface area contributed by atoms with Crippen LogP contribution in [-0.2, 0) is 31.0 Å². The second-order valence-corrected chi connectivity index (χ2v) is 13.8. The van der Waals surface area contributed by atoms with Crippen LogP contribution in [0.4, 0.5) is 4.39 Å². The Labute approximate surface area is 328 Å². The fourth-order valence-corrected chi connectivity index (χ4v) is 6.64. The fourth-order valence-electron chi connectivity index (χ4n) is 6.34. The molecule has 0 spiro atoms.